The highest BCUT2D eigenvalue weighted by molar-refractivity contribution is 6.31. The molecule has 158 valence electrons. The molecule has 1 atom stereocenters. The summed E-state index contributed by atoms with van der Waals surface area (Å²) in [6, 6.07) is 7.07. The lowest BCUT2D eigenvalue weighted by atomic mass is 9.80. The van der Waals surface area contributed by atoms with Crippen LogP contribution >= 0.6 is 11.6 Å². The molecule has 0 spiro atoms. The van der Waals surface area contributed by atoms with E-state index in [4.69, 9.17) is 31.5 Å². The number of methoxy groups -OCH3 is 1. The van der Waals surface area contributed by atoms with Gasteiger partial charge < -0.3 is 25.3 Å². The number of ether oxygens (including phenoxy) is 3. The molecule has 1 aliphatic rings. The second kappa shape index (κ2) is 11.0. The molecule has 0 saturated carbocycles. The average Bonchev–Trinajstić information content (AvgIpc) is 2.70. The van der Waals surface area contributed by atoms with E-state index in [1.165, 1.54) is 7.11 Å². The molecule has 29 heavy (non-hydrogen) atoms. The largest absolute Gasteiger partial charge is 0.466 e. The summed E-state index contributed by atoms with van der Waals surface area (Å²) in [6.07, 6.45) is 0.693. The van der Waals surface area contributed by atoms with E-state index in [-0.39, 0.29) is 18.8 Å². The Labute approximate surface area is 175 Å². The van der Waals surface area contributed by atoms with Crippen LogP contribution in [0.3, 0.4) is 0 Å². The molecule has 0 aliphatic carbocycles. The normalized spacial score (nSPS) is 16.5. The quantitative estimate of drug-likeness (QED) is 0.466. The Morgan fingerprint density at radius 1 is 1.21 bits per heavy atom. The van der Waals surface area contributed by atoms with Crippen molar-refractivity contribution in [2.24, 2.45) is 5.73 Å². The molecule has 1 aromatic rings. The summed E-state index contributed by atoms with van der Waals surface area (Å²) in [5.74, 6) is -1.84. The number of nitrogens with one attached hydrogen (secondary N) is 1. The van der Waals surface area contributed by atoms with Gasteiger partial charge in [-0.25, -0.2) is 9.59 Å². The second-order valence-corrected chi connectivity index (χ2v) is 6.82. The van der Waals surface area contributed by atoms with Crippen molar-refractivity contribution in [3.05, 3.63) is 57.4 Å². The van der Waals surface area contributed by atoms with Gasteiger partial charge in [0, 0.05) is 17.3 Å². The van der Waals surface area contributed by atoms with Crippen molar-refractivity contribution in [3.8, 4) is 0 Å². The van der Waals surface area contributed by atoms with Gasteiger partial charge >= 0.3 is 11.9 Å². The Kier molecular flexibility index (Phi) is 8.70. The van der Waals surface area contributed by atoms with E-state index < -0.39 is 17.9 Å². The van der Waals surface area contributed by atoms with Crippen LogP contribution in [-0.4, -0.2) is 45.4 Å². The standard InChI is InChI=1S/C21H27ClN2O5/c1-4-29-21(26)19-16(12-28-11-7-10-23)24-13(2)17(20(25)27-3)18(19)14-8-5-6-9-15(14)22/h5-6,8-9,18,24H,4,7,10-12,23H2,1-3H3. The summed E-state index contributed by atoms with van der Waals surface area (Å²) < 4.78 is 16.0. The molecule has 3 N–H and O–H groups in total. The van der Waals surface area contributed by atoms with Crippen molar-refractivity contribution in [3.63, 3.8) is 0 Å². The monoisotopic (exact) mass is 422 g/mol. The Morgan fingerprint density at radius 3 is 2.55 bits per heavy atom. The van der Waals surface area contributed by atoms with Gasteiger partial charge in [0.15, 0.2) is 0 Å². The lowest BCUT2D eigenvalue weighted by Crippen LogP contribution is -2.35. The number of rotatable bonds is 9. The van der Waals surface area contributed by atoms with Crippen molar-refractivity contribution >= 4 is 23.5 Å². The molecule has 1 heterocycles. The number of carbonyl (C=O) groups excluding carboxylic acids is 2. The van der Waals surface area contributed by atoms with E-state index in [0.29, 0.717) is 47.1 Å². The van der Waals surface area contributed by atoms with Crippen molar-refractivity contribution in [2.75, 3.05) is 33.5 Å². The summed E-state index contributed by atoms with van der Waals surface area (Å²) >= 11 is 6.44. The second-order valence-electron chi connectivity index (χ2n) is 6.42. The number of dihydropyridines is 1. The van der Waals surface area contributed by atoms with Crippen LogP contribution in [0.25, 0.3) is 0 Å². The third-order valence-electron chi connectivity index (χ3n) is 4.50. The number of benzene rings is 1. The van der Waals surface area contributed by atoms with Gasteiger partial charge in [-0.2, -0.15) is 0 Å². The van der Waals surface area contributed by atoms with E-state index in [9.17, 15) is 9.59 Å². The minimum Gasteiger partial charge on any atom is -0.466 e. The van der Waals surface area contributed by atoms with Crippen molar-refractivity contribution in [1.29, 1.82) is 0 Å². The SMILES string of the molecule is CCOC(=O)C1=C(COCCCN)NC(C)=C(C(=O)OC)C1c1ccccc1Cl. The highest BCUT2D eigenvalue weighted by Crippen LogP contribution is 2.41. The molecule has 0 bridgehead atoms. The van der Waals surface area contributed by atoms with Crippen LogP contribution in [0.1, 0.15) is 31.7 Å². The number of allylic oxidation sites excluding steroid dienone is 1. The maximum Gasteiger partial charge on any atom is 0.336 e. The average molecular weight is 423 g/mol. The van der Waals surface area contributed by atoms with Crippen LogP contribution in [0.15, 0.2) is 46.8 Å². The van der Waals surface area contributed by atoms with E-state index in [1.807, 2.05) is 0 Å². The van der Waals surface area contributed by atoms with Crippen LogP contribution in [0.4, 0.5) is 0 Å². The first-order chi connectivity index (χ1) is 14.0. The van der Waals surface area contributed by atoms with Gasteiger partial charge in [-0.1, -0.05) is 29.8 Å². The Balaban J connectivity index is 2.62. The number of esters is 2. The zero-order chi connectivity index (χ0) is 21.4. The van der Waals surface area contributed by atoms with Gasteiger partial charge in [0.05, 0.1) is 43.1 Å². The van der Waals surface area contributed by atoms with Crippen molar-refractivity contribution in [2.45, 2.75) is 26.2 Å². The lowest BCUT2D eigenvalue weighted by molar-refractivity contribution is -0.139. The van der Waals surface area contributed by atoms with Crippen LogP contribution in [0.5, 0.6) is 0 Å². The first-order valence-electron chi connectivity index (χ1n) is 9.44. The van der Waals surface area contributed by atoms with E-state index in [0.717, 1.165) is 0 Å². The van der Waals surface area contributed by atoms with E-state index in [2.05, 4.69) is 5.32 Å². The van der Waals surface area contributed by atoms with Crippen molar-refractivity contribution in [1.82, 2.24) is 5.32 Å². The summed E-state index contributed by atoms with van der Waals surface area (Å²) in [4.78, 5) is 25.6. The summed E-state index contributed by atoms with van der Waals surface area (Å²) in [5.41, 5.74) is 7.78. The number of nitrogens with two attached hydrogens (primary N) is 1. The van der Waals surface area contributed by atoms with Gasteiger partial charge in [-0.05, 0) is 38.4 Å². The molecular weight excluding hydrogens is 396 g/mol. The first kappa shape index (κ1) is 22.9. The number of hydrogen-bond donors (Lipinski definition) is 2. The van der Waals surface area contributed by atoms with Gasteiger partial charge in [0.2, 0.25) is 0 Å². The molecule has 1 aromatic carbocycles. The van der Waals surface area contributed by atoms with Gasteiger partial charge in [-0.3, -0.25) is 0 Å². The highest BCUT2D eigenvalue weighted by atomic mass is 35.5. The first-order valence-corrected chi connectivity index (χ1v) is 9.82. The fourth-order valence-electron chi connectivity index (χ4n) is 3.22. The fourth-order valence-corrected chi connectivity index (χ4v) is 3.47. The smallest absolute Gasteiger partial charge is 0.336 e. The Bertz CT molecular complexity index is 819. The molecule has 8 heteroatoms. The predicted molar refractivity (Wildman–Crippen MR) is 110 cm³/mol. The third kappa shape index (κ3) is 5.38. The van der Waals surface area contributed by atoms with E-state index in [1.54, 1.807) is 38.1 Å². The maximum absolute atomic E-state index is 12.9. The number of carbonyl (C=O) groups is 2. The molecule has 2 rings (SSSR count). The minimum absolute atomic E-state index is 0.140. The van der Waals surface area contributed by atoms with E-state index >= 15 is 0 Å². The molecular formula is C21H27ClN2O5. The minimum atomic E-state index is -0.746. The highest BCUT2D eigenvalue weighted by Gasteiger charge is 2.39. The Morgan fingerprint density at radius 2 is 1.93 bits per heavy atom. The molecule has 0 fully saturated rings. The van der Waals surface area contributed by atoms with Crippen LogP contribution in [-0.2, 0) is 23.8 Å². The van der Waals surface area contributed by atoms with Gasteiger partial charge in [0.1, 0.15) is 0 Å². The fraction of sp³-hybridized carbons (Fsp3) is 0.429. The number of hydrogen-bond acceptors (Lipinski definition) is 7. The lowest BCUT2D eigenvalue weighted by Gasteiger charge is -2.31. The molecule has 0 saturated heterocycles. The Hall–Kier alpha value is -2.35. The zero-order valence-electron chi connectivity index (χ0n) is 16.9. The van der Waals surface area contributed by atoms with Gasteiger partial charge in [-0.15, -0.1) is 0 Å². The van der Waals surface area contributed by atoms with Crippen LogP contribution < -0.4 is 11.1 Å². The molecule has 1 unspecified atom stereocenters. The maximum atomic E-state index is 12.9. The molecule has 0 radical (unpaired) electrons. The van der Waals surface area contributed by atoms with Gasteiger partial charge in [0.25, 0.3) is 0 Å². The topological polar surface area (TPSA) is 99.9 Å². The van der Waals surface area contributed by atoms with Crippen LogP contribution in [0, 0.1) is 0 Å². The third-order valence-corrected chi connectivity index (χ3v) is 4.85. The molecule has 0 amide bonds. The van der Waals surface area contributed by atoms with Crippen LogP contribution in [0.2, 0.25) is 5.02 Å². The molecule has 1 aliphatic heterocycles. The summed E-state index contributed by atoms with van der Waals surface area (Å²) in [6.45, 7) is 4.75. The number of halogens is 1. The molecule has 0 aromatic heterocycles. The zero-order valence-corrected chi connectivity index (χ0v) is 17.7. The summed E-state index contributed by atoms with van der Waals surface area (Å²) in [7, 11) is 1.30. The van der Waals surface area contributed by atoms with Crippen molar-refractivity contribution < 1.29 is 23.8 Å². The summed E-state index contributed by atoms with van der Waals surface area (Å²) in [5, 5.41) is 3.55. The predicted octanol–water partition coefficient (Wildman–Crippen LogP) is 2.66. The molecule has 7 nitrogen and oxygen atoms in total.